The van der Waals surface area contributed by atoms with Gasteiger partial charge in [-0.1, -0.05) is 0 Å². The van der Waals surface area contributed by atoms with Gasteiger partial charge < -0.3 is 15.1 Å². The number of aromatic nitrogens is 3. The van der Waals surface area contributed by atoms with Gasteiger partial charge in [-0.3, -0.25) is 19.6 Å². The van der Waals surface area contributed by atoms with Crippen molar-refractivity contribution in [2.45, 2.75) is 45.3 Å². The first-order valence-electron chi connectivity index (χ1n) is 9.28. The lowest BCUT2D eigenvalue weighted by Crippen LogP contribution is -2.53. The number of H-pyrrole nitrogens is 2. The molecule has 2 aromatic rings. The van der Waals surface area contributed by atoms with E-state index in [0.717, 1.165) is 0 Å². The van der Waals surface area contributed by atoms with Crippen LogP contribution in [0.5, 0.6) is 0 Å². The first kappa shape index (κ1) is 18.2. The maximum atomic E-state index is 13.0. The minimum atomic E-state index is -0.669. The van der Waals surface area contributed by atoms with Crippen LogP contribution in [-0.4, -0.2) is 67.9 Å². The molecule has 0 saturated carbocycles. The van der Waals surface area contributed by atoms with E-state index in [9.17, 15) is 19.2 Å². The van der Waals surface area contributed by atoms with E-state index in [1.165, 1.54) is 0 Å². The molecule has 0 aromatic carbocycles. The Balaban J connectivity index is 1.62. The van der Waals surface area contributed by atoms with Crippen molar-refractivity contribution < 1.29 is 9.59 Å². The van der Waals surface area contributed by atoms with Crippen molar-refractivity contribution in [2.75, 3.05) is 13.1 Å². The van der Waals surface area contributed by atoms with Crippen molar-refractivity contribution in [3.05, 3.63) is 38.2 Å². The topological polar surface area (TPSA) is 131 Å². The SMILES string of the molecule is Cc1cc(C(=O)N2CC[C@H]3[C@@H](C2)NC(=O)N3C(C)C)nc2[nH]c(=O)[nH]c(=O)c12. The number of rotatable bonds is 2. The molecule has 0 bridgehead atoms. The van der Waals surface area contributed by atoms with E-state index in [0.29, 0.717) is 25.1 Å². The Morgan fingerprint density at radius 1 is 1.25 bits per heavy atom. The summed E-state index contributed by atoms with van der Waals surface area (Å²) in [6.07, 6.45) is 0.677. The summed E-state index contributed by atoms with van der Waals surface area (Å²) in [6, 6.07) is 1.49. The van der Waals surface area contributed by atoms with Gasteiger partial charge in [0.2, 0.25) is 0 Å². The van der Waals surface area contributed by atoms with Crippen LogP contribution in [0, 0.1) is 6.92 Å². The molecule has 2 aliphatic heterocycles. The summed E-state index contributed by atoms with van der Waals surface area (Å²) in [5.74, 6) is -0.290. The minimum Gasteiger partial charge on any atom is -0.335 e. The Morgan fingerprint density at radius 2 is 2.00 bits per heavy atom. The predicted octanol–water partition coefficient (Wildman–Crippen LogP) is -0.0635. The fourth-order valence-corrected chi connectivity index (χ4v) is 4.23. The van der Waals surface area contributed by atoms with Gasteiger partial charge in [0.05, 0.1) is 17.5 Å². The first-order chi connectivity index (χ1) is 13.3. The maximum absolute atomic E-state index is 13.0. The molecule has 2 atom stereocenters. The van der Waals surface area contributed by atoms with Crippen molar-refractivity contribution in [1.29, 1.82) is 0 Å². The molecule has 2 fully saturated rings. The highest BCUT2D eigenvalue weighted by Crippen LogP contribution is 2.26. The number of nitrogens with zero attached hydrogens (tertiary/aromatic N) is 3. The molecule has 2 aromatic heterocycles. The van der Waals surface area contributed by atoms with Gasteiger partial charge in [-0.2, -0.15) is 0 Å². The number of aromatic amines is 2. The molecular weight excluding hydrogens is 364 g/mol. The third-order valence-corrected chi connectivity index (χ3v) is 5.44. The van der Waals surface area contributed by atoms with Gasteiger partial charge in [0.15, 0.2) is 0 Å². The Kier molecular flexibility index (Phi) is 4.20. The number of likely N-dealkylation sites (tertiary alicyclic amines) is 1. The third kappa shape index (κ3) is 2.85. The van der Waals surface area contributed by atoms with Crippen LogP contribution >= 0.6 is 0 Å². The molecule has 28 heavy (non-hydrogen) atoms. The number of amides is 3. The van der Waals surface area contributed by atoms with Crippen LogP contribution in [0.15, 0.2) is 15.7 Å². The molecule has 10 heteroatoms. The average molecular weight is 386 g/mol. The van der Waals surface area contributed by atoms with E-state index < -0.39 is 11.2 Å². The molecule has 0 radical (unpaired) electrons. The summed E-state index contributed by atoms with van der Waals surface area (Å²) < 4.78 is 0. The molecule has 148 valence electrons. The maximum Gasteiger partial charge on any atom is 0.327 e. The van der Waals surface area contributed by atoms with Gasteiger partial charge in [-0.15, -0.1) is 0 Å². The number of hydrogen-bond acceptors (Lipinski definition) is 5. The standard InChI is InChI=1S/C18H22N6O4/c1-8(2)24-12-4-5-23(7-11(12)20-18(24)28)16(26)10-6-9(3)13-14(19-10)21-17(27)22-15(13)25/h6,8,11-12H,4-5,7H2,1-3H3,(H,20,28)(H2,19,21,22,25,27)/t11-,12+/m1/s1. The van der Waals surface area contributed by atoms with Crippen LogP contribution < -0.4 is 16.6 Å². The second-order valence-electron chi connectivity index (χ2n) is 7.62. The van der Waals surface area contributed by atoms with E-state index in [1.807, 2.05) is 18.7 Å². The molecule has 0 aliphatic carbocycles. The van der Waals surface area contributed by atoms with Crippen LogP contribution in [0.4, 0.5) is 4.79 Å². The number of piperidine rings is 1. The van der Waals surface area contributed by atoms with Crippen molar-refractivity contribution in [3.8, 4) is 0 Å². The zero-order valence-corrected chi connectivity index (χ0v) is 15.9. The molecular formula is C18H22N6O4. The van der Waals surface area contributed by atoms with Crippen LogP contribution in [0.25, 0.3) is 11.0 Å². The van der Waals surface area contributed by atoms with Crippen molar-refractivity contribution in [1.82, 2.24) is 30.1 Å². The van der Waals surface area contributed by atoms with E-state index >= 15 is 0 Å². The zero-order chi connectivity index (χ0) is 20.2. The highest BCUT2D eigenvalue weighted by Gasteiger charge is 2.44. The summed E-state index contributed by atoms with van der Waals surface area (Å²) in [7, 11) is 0. The van der Waals surface area contributed by atoms with E-state index in [2.05, 4.69) is 20.3 Å². The van der Waals surface area contributed by atoms with Gasteiger partial charge in [-0.25, -0.2) is 14.6 Å². The summed E-state index contributed by atoms with van der Waals surface area (Å²) in [6.45, 7) is 6.54. The van der Waals surface area contributed by atoms with Crippen molar-refractivity contribution >= 4 is 23.0 Å². The summed E-state index contributed by atoms with van der Waals surface area (Å²) in [4.78, 5) is 61.1. The summed E-state index contributed by atoms with van der Waals surface area (Å²) in [5, 5.41) is 3.21. The highest BCUT2D eigenvalue weighted by molar-refractivity contribution is 5.95. The number of fused-ring (bicyclic) bond motifs is 2. The number of hydrogen-bond donors (Lipinski definition) is 3. The second kappa shape index (κ2) is 6.47. The molecule has 2 saturated heterocycles. The van der Waals surface area contributed by atoms with E-state index in [1.54, 1.807) is 17.9 Å². The Hall–Kier alpha value is -3.17. The minimum absolute atomic E-state index is 0.0674. The predicted molar refractivity (Wildman–Crippen MR) is 101 cm³/mol. The van der Waals surface area contributed by atoms with E-state index in [-0.39, 0.29) is 46.8 Å². The number of nitrogens with one attached hydrogen (secondary N) is 3. The van der Waals surface area contributed by atoms with Crippen LogP contribution in [0.2, 0.25) is 0 Å². The Bertz CT molecular complexity index is 1090. The lowest BCUT2D eigenvalue weighted by atomic mass is 9.98. The largest absolute Gasteiger partial charge is 0.335 e. The van der Waals surface area contributed by atoms with Crippen LogP contribution in [0.1, 0.15) is 36.3 Å². The zero-order valence-electron chi connectivity index (χ0n) is 15.9. The average Bonchev–Trinajstić information content (AvgIpc) is 2.94. The van der Waals surface area contributed by atoms with Gasteiger partial charge >= 0.3 is 11.7 Å². The Labute approximate surface area is 159 Å². The monoisotopic (exact) mass is 386 g/mol. The molecule has 10 nitrogen and oxygen atoms in total. The lowest BCUT2D eigenvalue weighted by Gasteiger charge is -2.37. The van der Waals surface area contributed by atoms with Gasteiger partial charge in [-0.05, 0) is 38.8 Å². The van der Waals surface area contributed by atoms with Gasteiger partial charge in [0, 0.05) is 19.1 Å². The number of carbonyl (C=O) groups is 2. The molecule has 0 unspecified atom stereocenters. The summed E-state index contributed by atoms with van der Waals surface area (Å²) in [5.41, 5.74) is -0.397. The third-order valence-electron chi connectivity index (χ3n) is 5.44. The quantitative estimate of drug-likeness (QED) is 0.665. The number of urea groups is 1. The fourth-order valence-electron chi connectivity index (χ4n) is 4.23. The van der Waals surface area contributed by atoms with Crippen LogP contribution in [0.3, 0.4) is 0 Å². The normalized spacial score (nSPS) is 21.9. The first-order valence-corrected chi connectivity index (χ1v) is 9.28. The second-order valence-corrected chi connectivity index (χ2v) is 7.62. The molecule has 4 heterocycles. The number of pyridine rings is 1. The lowest BCUT2D eigenvalue weighted by molar-refractivity contribution is 0.0639. The Morgan fingerprint density at radius 3 is 2.71 bits per heavy atom. The van der Waals surface area contributed by atoms with Crippen LogP contribution in [-0.2, 0) is 0 Å². The number of carbonyl (C=O) groups excluding carboxylic acids is 2. The van der Waals surface area contributed by atoms with Gasteiger partial charge in [0.1, 0.15) is 11.3 Å². The van der Waals surface area contributed by atoms with Crippen molar-refractivity contribution in [3.63, 3.8) is 0 Å². The molecule has 0 spiro atoms. The smallest absolute Gasteiger partial charge is 0.327 e. The molecule has 2 aliphatic rings. The molecule has 3 N–H and O–H groups in total. The highest BCUT2D eigenvalue weighted by atomic mass is 16.2. The number of aryl methyl sites for hydroxylation is 1. The summed E-state index contributed by atoms with van der Waals surface area (Å²) >= 11 is 0. The fraction of sp³-hybridized carbons (Fsp3) is 0.500. The molecule has 3 amide bonds. The van der Waals surface area contributed by atoms with Gasteiger partial charge in [0.25, 0.3) is 11.5 Å². The van der Waals surface area contributed by atoms with Crippen molar-refractivity contribution in [2.24, 2.45) is 0 Å². The van der Waals surface area contributed by atoms with E-state index in [4.69, 9.17) is 0 Å². The molecule has 4 rings (SSSR count).